The molecule has 1 aromatic heterocycles. The molecule has 0 amide bonds. The smallest absolute Gasteiger partial charge is 0.247 e. The maximum absolute atomic E-state index is 12.1. The van der Waals surface area contributed by atoms with Gasteiger partial charge in [-0.15, -0.1) is 0 Å². The van der Waals surface area contributed by atoms with Gasteiger partial charge in [0, 0.05) is 6.04 Å². The average molecular weight is 267 g/mol. The van der Waals surface area contributed by atoms with Gasteiger partial charge in [-0.1, -0.05) is 12.1 Å². The minimum atomic E-state index is -3.84. The Morgan fingerprint density at radius 1 is 1.22 bits per heavy atom. The summed E-state index contributed by atoms with van der Waals surface area (Å²) >= 11 is 0. The molecule has 1 heterocycles. The molecule has 1 aromatic carbocycles. The summed E-state index contributed by atoms with van der Waals surface area (Å²) in [7, 11) is -3.84. The van der Waals surface area contributed by atoms with Crippen molar-refractivity contribution in [2.45, 2.75) is 24.8 Å². The fourth-order valence-corrected chi connectivity index (χ4v) is 2.90. The molecule has 0 fully saturated rings. The third kappa shape index (κ3) is 2.30. The molecule has 0 radical (unpaired) electrons. The van der Waals surface area contributed by atoms with Crippen molar-refractivity contribution in [1.82, 2.24) is 4.72 Å². The average Bonchev–Trinajstić information content (AvgIpc) is 2.27. The van der Waals surface area contributed by atoms with Gasteiger partial charge >= 0.3 is 0 Å². The first kappa shape index (κ1) is 12.8. The van der Waals surface area contributed by atoms with Crippen LogP contribution in [0.1, 0.15) is 13.8 Å². The van der Waals surface area contributed by atoms with Crippen LogP contribution in [0, 0.1) is 0 Å². The molecule has 0 unspecified atom stereocenters. The number of hydrogen-bond acceptors (Lipinski definition) is 4. The molecule has 0 saturated carbocycles. The zero-order chi connectivity index (χ0) is 13.3. The fourth-order valence-electron chi connectivity index (χ4n) is 1.62. The summed E-state index contributed by atoms with van der Waals surface area (Å²) in [5, 5.41) is 0.254. The summed E-state index contributed by atoms with van der Waals surface area (Å²) in [5.74, 6) is 0. The van der Waals surface area contributed by atoms with Crippen molar-refractivity contribution < 1.29 is 12.8 Å². The minimum absolute atomic E-state index is 0.254. The molecule has 0 aliphatic rings. The van der Waals surface area contributed by atoms with Crippen molar-refractivity contribution >= 4 is 21.0 Å². The van der Waals surface area contributed by atoms with E-state index < -0.39 is 15.5 Å². The van der Waals surface area contributed by atoms with Crippen LogP contribution in [-0.4, -0.2) is 14.5 Å². The number of sulfonamides is 1. The van der Waals surface area contributed by atoms with Crippen molar-refractivity contribution in [3.63, 3.8) is 0 Å². The molecule has 0 bridgehead atoms. The number of rotatable bonds is 3. The number of para-hydroxylation sites is 1. The van der Waals surface area contributed by atoms with Gasteiger partial charge in [0.05, 0.1) is 5.39 Å². The van der Waals surface area contributed by atoms with E-state index in [2.05, 4.69) is 4.72 Å². The van der Waals surface area contributed by atoms with E-state index in [0.717, 1.165) is 6.26 Å². The van der Waals surface area contributed by atoms with E-state index in [1.54, 1.807) is 32.0 Å². The lowest BCUT2D eigenvalue weighted by atomic mass is 10.2. The Bertz CT molecular complexity index is 731. The normalized spacial score (nSPS) is 12.2. The quantitative estimate of drug-likeness (QED) is 0.913. The molecule has 0 atom stereocenters. The topological polar surface area (TPSA) is 76.4 Å². The van der Waals surface area contributed by atoms with Crippen molar-refractivity contribution in [3.05, 3.63) is 40.8 Å². The van der Waals surface area contributed by atoms with E-state index in [1.165, 1.54) is 6.07 Å². The minimum Gasteiger partial charge on any atom is -0.463 e. The maximum Gasteiger partial charge on any atom is 0.247 e. The third-order valence-electron chi connectivity index (χ3n) is 2.33. The maximum atomic E-state index is 12.1. The zero-order valence-electron chi connectivity index (χ0n) is 10.0. The Kier molecular flexibility index (Phi) is 3.23. The van der Waals surface area contributed by atoms with Crippen LogP contribution in [0.5, 0.6) is 0 Å². The molecule has 0 aliphatic carbocycles. The second kappa shape index (κ2) is 4.55. The Labute approximate surface area is 104 Å². The van der Waals surface area contributed by atoms with Gasteiger partial charge in [-0.25, -0.2) is 13.1 Å². The van der Waals surface area contributed by atoms with Gasteiger partial charge in [0.1, 0.15) is 11.8 Å². The molecule has 96 valence electrons. The van der Waals surface area contributed by atoms with Crippen LogP contribution < -0.4 is 10.2 Å². The molecule has 2 rings (SSSR count). The summed E-state index contributed by atoms with van der Waals surface area (Å²) < 4.78 is 31.4. The van der Waals surface area contributed by atoms with E-state index in [9.17, 15) is 13.2 Å². The molecule has 2 aromatic rings. The monoisotopic (exact) mass is 267 g/mol. The standard InChI is InChI=1S/C12H13NO4S/c1-8(2)13-18(15,16)11-7-17-10-6-4-3-5-9(10)12(11)14/h3-8,13H,1-2H3. The zero-order valence-corrected chi connectivity index (χ0v) is 10.8. The highest BCUT2D eigenvalue weighted by atomic mass is 32.2. The van der Waals surface area contributed by atoms with Gasteiger partial charge in [0.2, 0.25) is 15.5 Å². The van der Waals surface area contributed by atoms with Gasteiger partial charge in [0.25, 0.3) is 0 Å². The van der Waals surface area contributed by atoms with Crippen molar-refractivity contribution in [2.75, 3.05) is 0 Å². The second-order valence-electron chi connectivity index (χ2n) is 4.20. The Hall–Kier alpha value is -1.66. The molecule has 5 nitrogen and oxygen atoms in total. The largest absolute Gasteiger partial charge is 0.463 e. The molecule has 0 aliphatic heterocycles. The van der Waals surface area contributed by atoms with Crippen LogP contribution >= 0.6 is 0 Å². The van der Waals surface area contributed by atoms with E-state index in [0.29, 0.717) is 5.58 Å². The van der Waals surface area contributed by atoms with Crippen LogP contribution in [0.25, 0.3) is 11.0 Å². The third-order valence-corrected chi connectivity index (χ3v) is 3.97. The lowest BCUT2D eigenvalue weighted by molar-refractivity contribution is 0.551. The van der Waals surface area contributed by atoms with Crippen LogP contribution in [0.15, 0.2) is 44.6 Å². The Morgan fingerprint density at radius 3 is 2.56 bits per heavy atom. The summed E-state index contributed by atoms with van der Waals surface area (Å²) in [6.07, 6.45) is 0.982. The first-order valence-corrected chi connectivity index (χ1v) is 6.93. The molecule has 18 heavy (non-hydrogen) atoms. The van der Waals surface area contributed by atoms with Gasteiger partial charge in [-0.3, -0.25) is 4.79 Å². The van der Waals surface area contributed by atoms with Gasteiger partial charge in [-0.05, 0) is 26.0 Å². The number of fused-ring (bicyclic) bond motifs is 1. The van der Waals surface area contributed by atoms with E-state index >= 15 is 0 Å². The molecular weight excluding hydrogens is 254 g/mol. The van der Waals surface area contributed by atoms with Gasteiger partial charge in [-0.2, -0.15) is 0 Å². The number of nitrogens with one attached hydrogen (secondary N) is 1. The first-order chi connectivity index (χ1) is 8.42. The first-order valence-electron chi connectivity index (χ1n) is 5.44. The lowest BCUT2D eigenvalue weighted by Crippen LogP contribution is -2.33. The predicted octanol–water partition coefficient (Wildman–Crippen LogP) is 1.48. The molecular formula is C12H13NO4S. The van der Waals surface area contributed by atoms with Crippen LogP contribution in [0.2, 0.25) is 0 Å². The molecule has 0 saturated heterocycles. The van der Waals surface area contributed by atoms with Crippen molar-refractivity contribution in [1.29, 1.82) is 0 Å². The summed E-state index contributed by atoms with van der Waals surface area (Å²) in [6, 6.07) is 6.23. The number of benzene rings is 1. The molecule has 0 spiro atoms. The molecule has 1 N–H and O–H groups in total. The van der Waals surface area contributed by atoms with Crippen LogP contribution in [0.4, 0.5) is 0 Å². The fraction of sp³-hybridized carbons (Fsp3) is 0.250. The highest BCUT2D eigenvalue weighted by Gasteiger charge is 2.21. The summed E-state index contributed by atoms with van der Waals surface area (Å²) in [6.45, 7) is 3.36. The van der Waals surface area contributed by atoms with Crippen molar-refractivity contribution in [3.8, 4) is 0 Å². The second-order valence-corrected chi connectivity index (χ2v) is 5.88. The van der Waals surface area contributed by atoms with Gasteiger partial charge < -0.3 is 4.42 Å². The highest BCUT2D eigenvalue weighted by molar-refractivity contribution is 7.89. The number of hydrogen-bond donors (Lipinski definition) is 1. The van der Waals surface area contributed by atoms with Crippen LogP contribution in [0.3, 0.4) is 0 Å². The van der Waals surface area contributed by atoms with Crippen LogP contribution in [-0.2, 0) is 10.0 Å². The van der Waals surface area contributed by atoms with E-state index in [4.69, 9.17) is 4.42 Å². The molecule has 6 heteroatoms. The van der Waals surface area contributed by atoms with Gasteiger partial charge in [0.15, 0.2) is 4.90 Å². The SMILES string of the molecule is CC(C)NS(=O)(=O)c1coc2ccccc2c1=O. The lowest BCUT2D eigenvalue weighted by Gasteiger charge is -2.08. The Morgan fingerprint density at radius 2 is 1.89 bits per heavy atom. The van der Waals surface area contributed by atoms with E-state index in [-0.39, 0.29) is 16.3 Å². The summed E-state index contributed by atoms with van der Waals surface area (Å²) in [4.78, 5) is 11.7. The summed E-state index contributed by atoms with van der Waals surface area (Å²) in [5.41, 5.74) is -0.184. The van der Waals surface area contributed by atoms with Crippen molar-refractivity contribution in [2.24, 2.45) is 0 Å². The predicted molar refractivity (Wildman–Crippen MR) is 67.9 cm³/mol. The Balaban J connectivity index is 2.67. The van der Waals surface area contributed by atoms with E-state index in [1.807, 2.05) is 0 Å². The highest BCUT2D eigenvalue weighted by Crippen LogP contribution is 2.13.